The molecule has 0 aliphatic carbocycles. The van der Waals surface area contributed by atoms with Gasteiger partial charge in [0.05, 0.1) is 0 Å². The molecule has 1 aromatic rings. The Morgan fingerprint density at radius 2 is 1.62 bits per heavy atom. The van der Waals surface area contributed by atoms with Crippen molar-refractivity contribution in [3.63, 3.8) is 0 Å². The van der Waals surface area contributed by atoms with Crippen LogP contribution in [0.25, 0.3) is 0 Å². The lowest BCUT2D eigenvalue weighted by Crippen LogP contribution is -2.10. The van der Waals surface area contributed by atoms with E-state index >= 15 is 0 Å². The number of nitrogens with one attached hydrogen (secondary N) is 1. The molecule has 1 aromatic carbocycles. The Labute approximate surface area is 80.1 Å². The van der Waals surface area contributed by atoms with Crippen molar-refractivity contribution < 1.29 is 0 Å². The molecule has 0 amide bonds. The molecular weight excluding hydrogens is 160 g/mol. The summed E-state index contributed by atoms with van der Waals surface area (Å²) in [5.74, 6) is 0. The average Bonchev–Trinajstić information content (AvgIpc) is 2.04. The van der Waals surface area contributed by atoms with E-state index in [-0.39, 0.29) is 6.04 Å². The van der Waals surface area contributed by atoms with E-state index in [1.54, 1.807) is 0 Å². The molecule has 0 heterocycles. The summed E-state index contributed by atoms with van der Waals surface area (Å²) in [4.78, 5) is 0. The largest absolute Gasteiger partial charge is 0.383 e. The van der Waals surface area contributed by atoms with Gasteiger partial charge in [0.15, 0.2) is 0 Å². The van der Waals surface area contributed by atoms with Crippen LogP contribution >= 0.6 is 0 Å². The molecule has 1 atom stereocenters. The zero-order valence-corrected chi connectivity index (χ0v) is 8.54. The first-order valence-corrected chi connectivity index (χ1v) is 4.71. The molecule has 1 rings (SSSR count). The van der Waals surface area contributed by atoms with Crippen LogP contribution in [-0.2, 0) is 0 Å². The Balaban J connectivity index is 2.70. The maximum Gasteiger partial charge on any atom is 0.0342 e. The minimum atomic E-state index is 0.119. The number of hydrogen-bond donors (Lipinski definition) is 2. The maximum absolute atomic E-state index is 5.74. The standard InChI is InChI=1S/C11H18N2/c1-8(2)13-11-6-4-10(5-7-11)9(3)12/h4-9,13H,12H2,1-3H3. The van der Waals surface area contributed by atoms with Crippen LogP contribution in [-0.4, -0.2) is 6.04 Å². The van der Waals surface area contributed by atoms with Crippen molar-refractivity contribution in [1.82, 2.24) is 0 Å². The van der Waals surface area contributed by atoms with Crippen LogP contribution < -0.4 is 11.1 Å². The van der Waals surface area contributed by atoms with E-state index in [2.05, 4.69) is 43.4 Å². The molecule has 0 aromatic heterocycles. The third-order valence-corrected chi connectivity index (χ3v) is 1.89. The average molecular weight is 178 g/mol. The molecule has 2 heteroatoms. The highest BCUT2D eigenvalue weighted by Gasteiger charge is 1.99. The quantitative estimate of drug-likeness (QED) is 0.746. The Hall–Kier alpha value is -1.02. The molecule has 0 bridgehead atoms. The SMILES string of the molecule is CC(C)Nc1ccc(C(C)N)cc1. The molecule has 3 N–H and O–H groups in total. The van der Waals surface area contributed by atoms with Crippen LogP contribution in [0.3, 0.4) is 0 Å². The normalized spacial score (nSPS) is 13.0. The van der Waals surface area contributed by atoms with E-state index in [4.69, 9.17) is 5.73 Å². The van der Waals surface area contributed by atoms with Gasteiger partial charge >= 0.3 is 0 Å². The predicted octanol–water partition coefficient (Wildman–Crippen LogP) is 2.53. The van der Waals surface area contributed by atoms with Gasteiger partial charge in [-0.2, -0.15) is 0 Å². The van der Waals surface area contributed by atoms with Crippen molar-refractivity contribution in [3.8, 4) is 0 Å². The lowest BCUT2D eigenvalue weighted by Gasteiger charge is -2.11. The lowest BCUT2D eigenvalue weighted by molar-refractivity contribution is 0.818. The van der Waals surface area contributed by atoms with E-state index in [1.165, 1.54) is 5.56 Å². The Kier molecular flexibility index (Phi) is 3.32. The predicted molar refractivity (Wildman–Crippen MR) is 57.8 cm³/mol. The smallest absolute Gasteiger partial charge is 0.0342 e. The third kappa shape index (κ3) is 3.07. The molecule has 1 unspecified atom stereocenters. The maximum atomic E-state index is 5.74. The molecule has 0 fully saturated rings. The zero-order valence-electron chi connectivity index (χ0n) is 8.54. The molecule has 2 nitrogen and oxygen atoms in total. The minimum Gasteiger partial charge on any atom is -0.383 e. The highest BCUT2D eigenvalue weighted by atomic mass is 14.9. The van der Waals surface area contributed by atoms with E-state index in [1.807, 2.05) is 6.92 Å². The number of benzene rings is 1. The van der Waals surface area contributed by atoms with Crippen LogP contribution in [0.5, 0.6) is 0 Å². The second-order valence-electron chi connectivity index (χ2n) is 3.71. The van der Waals surface area contributed by atoms with Crippen molar-refractivity contribution >= 4 is 5.69 Å². The monoisotopic (exact) mass is 178 g/mol. The van der Waals surface area contributed by atoms with Crippen molar-refractivity contribution in [1.29, 1.82) is 0 Å². The molecule has 72 valence electrons. The molecule has 0 saturated carbocycles. The van der Waals surface area contributed by atoms with E-state index in [0.29, 0.717) is 6.04 Å². The fourth-order valence-electron chi connectivity index (χ4n) is 1.22. The third-order valence-electron chi connectivity index (χ3n) is 1.89. The van der Waals surface area contributed by atoms with Crippen molar-refractivity contribution in [2.45, 2.75) is 32.9 Å². The highest BCUT2D eigenvalue weighted by Crippen LogP contribution is 2.14. The second-order valence-corrected chi connectivity index (χ2v) is 3.71. The summed E-state index contributed by atoms with van der Waals surface area (Å²) in [5.41, 5.74) is 8.07. The van der Waals surface area contributed by atoms with Crippen LogP contribution in [0.2, 0.25) is 0 Å². The van der Waals surface area contributed by atoms with Crippen LogP contribution in [0.1, 0.15) is 32.4 Å². The van der Waals surface area contributed by atoms with Crippen LogP contribution in [0, 0.1) is 0 Å². The first-order chi connectivity index (χ1) is 6.09. The lowest BCUT2D eigenvalue weighted by atomic mass is 10.1. The van der Waals surface area contributed by atoms with Gasteiger partial charge < -0.3 is 11.1 Å². The van der Waals surface area contributed by atoms with E-state index in [9.17, 15) is 0 Å². The molecule has 0 aliphatic heterocycles. The van der Waals surface area contributed by atoms with Gasteiger partial charge in [0.2, 0.25) is 0 Å². The summed E-state index contributed by atoms with van der Waals surface area (Å²) in [6, 6.07) is 8.86. The van der Waals surface area contributed by atoms with Gasteiger partial charge in [-0.15, -0.1) is 0 Å². The highest BCUT2D eigenvalue weighted by molar-refractivity contribution is 5.45. The van der Waals surface area contributed by atoms with Gasteiger partial charge in [-0.05, 0) is 38.5 Å². The fourth-order valence-corrected chi connectivity index (χ4v) is 1.22. The van der Waals surface area contributed by atoms with Crippen molar-refractivity contribution in [2.75, 3.05) is 5.32 Å². The molecule has 0 radical (unpaired) electrons. The molecular formula is C11H18N2. The number of rotatable bonds is 3. The van der Waals surface area contributed by atoms with Gasteiger partial charge in [-0.25, -0.2) is 0 Å². The second kappa shape index (κ2) is 4.28. The summed E-state index contributed by atoms with van der Waals surface area (Å²) < 4.78 is 0. The summed E-state index contributed by atoms with van der Waals surface area (Å²) >= 11 is 0. The summed E-state index contributed by atoms with van der Waals surface area (Å²) in [6.07, 6.45) is 0. The first kappa shape index (κ1) is 10.1. The van der Waals surface area contributed by atoms with Crippen LogP contribution in [0.15, 0.2) is 24.3 Å². The van der Waals surface area contributed by atoms with E-state index in [0.717, 1.165) is 5.69 Å². The topological polar surface area (TPSA) is 38.0 Å². The number of anilines is 1. The molecule has 13 heavy (non-hydrogen) atoms. The fraction of sp³-hybridized carbons (Fsp3) is 0.455. The first-order valence-electron chi connectivity index (χ1n) is 4.71. The van der Waals surface area contributed by atoms with Gasteiger partial charge in [-0.3, -0.25) is 0 Å². The molecule has 0 aliphatic rings. The van der Waals surface area contributed by atoms with Crippen molar-refractivity contribution in [2.24, 2.45) is 5.73 Å². The molecule has 0 saturated heterocycles. The Bertz CT molecular complexity index is 249. The summed E-state index contributed by atoms with van der Waals surface area (Å²) in [5, 5.41) is 3.33. The Morgan fingerprint density at radius 1 is 1.08 bits per heavy atom. The molecule has 0 spiro atoms. The van der Waals surface area contributed by atoms with Gasteiger partial charge in [0.25, 0.3) is 0 Å². The van der Waals surface area contributed by atoms with Crippen molar-refractivity contribution in [3.05, 3.63) is 29.8 Å². The minimum absolute atomic E-state index is 0.119. The number of hydrogen-bond acceptors (Lipinski definition) is 2. The van der Waals surface area contributed by atoms with Crippen LogP contribution in [0.4, 0.5) is 5.69 Å². The number of nitrogens with two attached hydrogens (primary N) is 1. The van der Waals surface area contributed by atoms with Gasteiger partial charge in [0.1, 0.15) is 0 Å². The van der Waals surface area contributed by atoms with Gasteiger partial charge in [-0.1, -0.05) is 12.1 Å². The summed E-state index contributed by atoms with van der Waals surface area (Å²) in [7, 11) is 0. The summed E-state index contributed by atoms with van der Waals surface area (Å²) in [6.45, 7) is 6.24. The van der Waals surface area contributed by atoms with Gasteiger partial charge in [0, 0.05) is 17.8 Å². The zero-order chi connectivity index (χ0) is 9.84. The Morgan fingerprint density at radius 3 is 2.00 bits per heavy atom. The van der Waals surface area contributed by atoms with E-state index < -0.39 is 0 Å².